The monoisotopic (exact) mass is 482 g/mol. The molecule has 5 rings (SSSR count). The molecule has 0 spiro atoms. The Labute approximate surface area is 199 Å². The number of nitrogens with zero attached hydrogens (tertiary/aromatic N) is 5. The Morgan fingerprint density at radius 3 is 2.35 bits per heavy atom. The summed E-state index contributed by atoms with van der Waals surface area (Å²) in [6.07, 6.45) is 0. The minimum absolute atomic E-state index is 0.125. The van der Waals surface area contributed by atoms with Gasteiger partial charge in [-0.15, -0.1) is 0 Å². The molecule has 176 valence electrons. The fourth-order valence-electron chi connectivity index (χ4n) is 4.38. The predicted molar refractivity (Wildman–Crippen MR) is 130 cm³/mol. The van der Waals surface area contributed by atoms with E-state index >= 15 is 0 Å². The lowest BCUT2D eigenvalue weighted by atomic mass is 10.2. The van der Waals surface area contributed by atoms with Crippen LogP contribution in [0.25, 0.3) is 11.2 Å². The van der Waals surface area contributed by atoms with E-state index in [9.17, 15) is 14.0 Å². The number of hydrogen-bond acceptors (Lipinski definition) is 5. The van der Waals surface area contributed by atoms with Crippen molar-refractivity contribution < 1.29 is 4.39 Å². The van der Waals surface area contributed by atoms with Gasteiger partial charge in [-0.3, -0.25) is 23.8 Å². The molecule has 1 aliphatic rings. The molecule has 2 aromatic carbocycles. The van der Waals surface area contributed by atoms with Gasteiger partial charge in [-0.2, -0.15) is 4.98 Å². The van der Waals surface area contributed by atoms with E-state index in [1.807, 2.05) is 24.3 Å². The molecule has 0 radical (unpaired) electrons. The first-order chi connectivity index (χ1) is 16.4. The van der Waals surface area contributed by atoms with Crippen LogP contribution in [0.2, 0.25) is 5.02 Å². The number of benzene rings is 2. The van der Waals surface area contributed by atoms with Crippen molar-refractivity contribution in [3.05, 3.63) is 91.3 Å². The van der Waals surface area contributed by atoms with Crippen LogP contribution >= 0.6 is 11.6 Å². The third-order valence-electron chi connectivity index (χ3n) is 6.28. The van der Waals surface area contributed by atoms with Crippen LogP contribution in [0.15, 0.2) is 58.1 Å². The molecule has 2 aromatic heterocycles. The van der Waals surface area contributed by atoms with Gasteiger partial charge < -0.3 is 4.90 Å². The van der Waals surface area contributed by atoms with Crippen LogP contribution in [-0.4, -0.2) is 50.2 Å². The number of aromatic amines is 1. The average molecular weight is 483 g/mol. The molecule has 1 N–H and O–H groups in total. The summed E-state index contributed by atoms with van der Waals surface area (Å²) in [6.45, 7) is 3.73. The highest BCUT2D eigenvalue weighted by molar-refractivity contribution is 6.31. The number of imidazole rings is 1. The van der Waals surface area contributed by atoms with Crippen LogP contribution in [0.4, 0.5) is 10.3 Å². The van der Waals surface area contributed by atoms with E-state index in [0.717, 1.165) is 30.2 Å². The molecule has 4 aromatic rings. The Kier molecular flexibility index (Phi) is 5.97. The second-order valence-corrected chi connectivity index (χ2v) is 8.84. The number of halogens is 2. The minimum Gasteiger partial charge on any atom is -0.340 e. The minimum atomic E-state index is -0.538. The van der Waals surface area contributed by atoms with Gasteiger partial charge >= 0.3 is 5.69 Å². The maximum atomic E-state index is 14.5. The zero-order valence-corrected chi connectivity index (χ0v) is 19.4. The Balaban J connectivity index is 1.48. The lowest BCUT2D eigenvalue weighted by Gasteiger charge is -2.35. The van der Waals surface area contributed by atoms with Gasteiger partial charge in [0.15, 0.2) is 11.2 Å². The number of H-pyrrole nitrogens is 1. The Bertz CT molecular complexity index is 1470. The number of piperazine rings is 1. The molecule has 1 saturated heterocycles. The SMILES string of the molecule is Cn1c(=O)[nH]c(=O)c2c1nc(N1CCN(Cc3ccccc3Cl)CC1)n2Cc1ccccc1F. The van der Waals surface area contributed by atoms with E-state index in [-0.39, 0.29) is 23.5 Å². The van der Waals surface area contributed by atoms with Crippen LogP contribution in [0.5, 0.6) is 0 Å². The molecule has 34 heavy (non-hydrogen) atoms. The molecular weight excluding hydrogens is 459 g/mol. The number of hydrogen-bond donors (Lipinski definition) is 1. The summed E-state index contributed by atoms with van der Waals surface area (Å²) in [6, 6.07) is 14.3. The first-order valence-corrected chi connectivity index (χ1v) is 11.4. The molecule has 0 amide bonds. The summed E-state index contributed by atoms with van der Waals surface area (Å²) in [5.41, 5.74) is 0.965. The molecule has 0 aliphatic carbocycles. The van der Waals surface area contributed by atoms with Gasteiger partial charge in [0.1, 0.15) is 5.82 Å². The maximum Gasteiger partial charge on any atom is 0.329 e. The number of aryl methyl sites for hydroxylation is 1. The van der Waals surface area contributed by atoms with Gasteiger partial charge in [0.05, 0.1) is 6.54 Å². The second-order valence-electron chi connectivity index (χ2n) is 8.43. The standard InChI is InChI=1S/C24H24ClFN6O2/c1-29-21-20(22(33)28-24(29)34)32(15-17-7-3-5-9-19(17)26)23(27-21)31-12-10-30(11-13-31)14-16-6-2-4-8-18(16)25/h2-9H,10-15H2,1H3,(H,28,33,34). The van der Waals surface area contributed by atoms with Crippen molar-refractivity contribution in [2.75, 3.05) is 31.1 Å². The van der Waals surface area contributed by atoms with Gasteiger partial charge in [0, 0.05) is 50.4 Å². The summed E-state index contributed by atoms with van der Waals surface area (Å²) >= 11 is 6.32. The van der Waals surface area contributed by atoms with Crippen molar-refractivity contribution in [2.45, 2.75) is 13.1 Å². The van der Waals surface area contributed by atoms with Crippen LogP contribution in [0.1, 0.15) is 11.1 Å². The van der Waals surface area contributed by atoms with Crippen molar-refractivity contribution >= 4 is 28.7 Å². The van der Waals surface area contributed by atoms with E-state index in [4.69, 9.17) is 11.6 Å². The fourth-order valence-corrected chi connectivity index (χ4v) is 4.58. The lowest BCUT2D eigenvalue weighted by Crippen LogP contribution is -2.47. The zero-order chi connectivity index (χ0) is 23.8. The first kappa shape index (κ1) is 22.4. The van der Waals surface area contributed by atoms with Crippen molar-refractivity contribution in [2.24, 2.45) is 7.05 Å². The second kappa shape index (κ2) is 9.08. The average Bonchev–Trinajstić information content (AvgIpc) is 3.21. The molecule has 0 atom stereocenters. The van der Waals surface area contributed by atoms with Crippen LogP contribution in [0, 0.1) is 5.82 Å². The molecule has 1 fully saturated rings. The highest BCUT2D eigenvalue weighted by Gasteiger charge is 2.25. The molecule has 10 heteroatoms. The summed E-state index contributed by atoms with van der Waals surface area (Å²) in [5.74, 6) is 0.184. The third-order valence-corrected chi connectivity index (χ3v) is 6.65. The molecule has 0 saturated carbocycles. The summed E-state index contributed by atoms with van der Waals surface area (Å²) in [5, 5.41) is 0.747. The number of fused-ring (bicyclic) bond motifs is 1. The quantitative estimate of drug-likeness (QED) is 0.473. The van der Waals surface area contributed by atoms with Gasteiger partial charge in [-0.1, -0.05) is 48.0 Å². The normalized spacial score (nSPS) is 14.7. The Morgan fingerprint density at radius 1 is 0.971 bits per heavy atom. The lowest BCUT2D eigenvalue weighted by molar-refractivity contribution is 0.248. The molecular formula is C24H24ClFN6O2. The van der Waals surface area contributed by atoms with Crippen LogP contribution in [-0.2, 0) is 20.1 Å². The van der Waals surface area contributed by atoms with Crippen LogP contribution < -0.4 is 16.1 Å². The predicted octanol–water partition coefficient (Wildman–Crippen LogP) is 2.59. The largest absolute Gasteiger partial charge is 0.340 e. The third kappa shape index (κ3) is 4.12. The van der Waals surface area contributed by atoms with E-state index in [2.05, 4.69) is 19.8 Å². The molecule has 1 aliphatic heterocycles. The van der Waals surface area contributed by atoms with E-state index in [0.29, 0.717) is 24.6 Å². The van der Waals surface area contributed by atoms with Gasteiger partial charge in [-0.05, 0) is 17.7 Å². The van der Waals surface area contributed by atoms with Crippen LogP contribution in [0.3, 0.4) is 0 Å². The Hall–Kier alpha value is -3.43. The molecule has 0 bridgehead atoms. The van der Waals surface area contributed by atoms with Gasteiger partial charge in [-0.25, -0.2) is 9.18 Å². The van der Waals surface area contributed by atoms with Crippen molar-refractivity contribution in [3.63, 3.8) is 0 Å². The van der Waals surface area contributed by atoms with Crippen molar-refractivity contribution in [1.82, 2.24) is 24.0 Å². The van der Waals surface area contributed by atoms with Gasteiger partial charge in [0.2, 0.25) is 5.95 Å². The molecule has 0 unspecified atom stereocenters. The zero-order valence-electron chi connectivity index (χ0n) is 18.7. The summed E-state index contributed by atoms with van der Waals surface area (Å²) in [7, 11) is 1.56. The molecule has 8 nitrogen and oxygen atoms in total. The number of aromatic nitrogens is 4. The first-order valence-electron chi connectivity index (χ1n) is 11.1. The smallest absolute Gasteiger partial charge is 0.329 e. The Morgan fingerprint density at radius 2 is 1.65 bits per heavy atom. The van der Waals surface area contributed by atoms with E-state index < -0.39 is 11.2 Å². The maximum absolute atomic E-state index is 14.5. The van der Waals surface area contributed by atoms with E-state index in [1.165, 1.54) is 10.6 Å². The molecule has 3 heterocycles. The van der Waals surface area contributed by atoms with Crippen molar-refractivity contribution in [3.8, 4) is 0 Å². The van der Waals surface area contributed by atoms with Gasteiger partial charge in [0.25, 0.3) is 5.56 Å². The summed E-state index contributed by atoms with van der Waals surface area (Å²) < 4.78 is 17.5. The topological polar surface area (TPSA) is 79.2 Å². The van der Waals surface area contributed by atoms with E-state index in [1.54, 1.807) is 29.8 Å². The fraction of sp³-hybridized carbons (Fsp3) is 0.292. The summed E-state index contributed by atoms with van der Waals surface area (Å²) in [4.78, 5) is 36.3. The highest BCUT2D eigenvalue weighted by Crippen LogP contribution is 2.24. The number of rotatable bonds is 5. The highest BCUT2D eigenvalue weighted by atomic mass is 35.5. The van der Waals surface area contributed by atoms with Crippen molar-refractivity contribution in [1.29, 1.82) is 0 Å². The number of nitrogens with one attached hydrogen (secondary N) is 1. The number of anilines is 1.